The second-order valence-corrected chi connectivity index (χ2v) is 6.53. The summed E-state index contributed by atoms with van der Waals surface area (Å²) in [6, 6.07) is 3.01. The van der Waals surface area contributed by atoms with Crippen LogP contribution < -0.4 is 11.3 Å². The summed E-state index contributed by atoms with van der Waals surface area (Å²) in [5, 5.41) is 4.72. The molecule has 0 spiro atoms. The van der Waals surface area contributed by atoms with Gasteiger partial charge in [0.15, 0.2) is 0 Å². The zero-order valence-electron chi connectivity index (χ0n) is 12.7. The van der Waals surface area contributed by atoms with E-state index in [1.54, 1.807) is 0 Å². The molecule has 2 unspecified atom stereocenters. The maximum atomic E-state index is 5.72. The Hall–Kier alpha value is -0.870. The van der Waals surface area contributed by atoms with Gasteiger partial charge in [0.1, 0.15) is 0 Å². The molecule has 1 aromatic heterocycles. The van der Waals surface area contributed by atoms with Gasteiger partial charge in [0.05, 0.1) is 11.7 Å². The monoisotopic (exact) mass is 264 g/mol. The topological polar surface area (TPSA) is 55.9 Å². The lowest BCUT2D eigenvalue weighted by Gasteiger charge is -2.17. The summed E-state index contributed by atoms with van der Waals surface area (Å²) in [5.74, 6) is 6.39. The molecule has 1 aromatic rings. The lowest BCUT2D eigenvalue weighted by molar-refractivity contribution is 0.396. The molecule has 0 bridgehead atoms. The van der Waals surface area contributed by atoms with Crippen LogP contribution in [0.2, 0.25) is 0 Å². The minimum absolute atomic E-state index is 0.347. The average Bonchev–Trinajstić information content (AvgIpc) is 2.81. The van der Waals surface area contributed by atoms with Crippen LogP contribution in [-0.4, -0.2) is 15.8 Å². The molecule has 0 saturated heterocycles. The average molecular weight is 264 g/mol. The number of hydrazine groups is 1. The van der Waals surface area contributed by atoms with E-state index in [1.165, 1.54) is 6.42 Å². The Kier molecular flexibility index (Phi) is 4.31. The van der Waals surface area contributed by atoms with Crippen molar-refractivity contribution < 1.29 is 0 Å². The van der Waals surface area contributed by atoms with Crippen molar-refractivity contribution in [3.05, 3.63) is 18.0 Å². The molecule has 1 saturated carbocycles. The fourth-order valence-corrected chi connectivity index (χ4v) is 3.09. The number of nitrogens with two attached hydrogens (primary N) is 1. The van der Waals surface area contributed by atoms with Crippen LogP contribution in [0, 0.1) is 11.3 Å². The van der Waals surface area contributed by atoms with Crippen molar-refractivity contribution in [3.8, 4) is 0 Å². The van der Waals surface area contributed by atoms with Gasteiger partial charge in [0.2, 0.25) is 0 Å². The summed E-state index contributed by atoms with van der Waals surface area (Å²) in [7, 11) is 0. The summed E-state index contributed by atoms with van der Waals surface area (Å²) >= 11 is 0. The Labute approximate surface area is 116 Å². The minimum Gasteiger partial charge on any atom is -0.271 e. The first-order chi connectivity index (χ1) is 9.01. The quantitative estimate of drug-likeness (QED) is 0.588. The van der Waals surface area contributed by atoms with Gasteiger partial charge in [-0.05, 0) is 36.7 Å². The largest absolute Gasteiger partial charge is 0.271 e. The Bertz CT molecular complexity index is 406. The van der Waals surface area contributed by atoms with Crippen molar-refractivity contribution in [2.75, 3.05) is 0 Å². The van der Waals surface area contributed by atoms with Crippen LogP contribution in [0.1, 0.15) is 58.7 Å². The third-order valence-corrected chi connectivity index (χ3v) is 4.70. The van der Waals surface area contributed by atoms with E-state index in [-0.39, 0.29) is 0 Å². The van der Waals surface area contributed by atoms with Crippen molar-refractivity contribution in [2.24, 2.45) is 17.2 Å². The van der Waals surface area contributed by atoms with Crippen molar-refractivity contribution in [1.82, 2.24) is 15.2 Å². The second kappa shape index (κ2) is 5.63. The first-order valence-corrected chi connectivity index (χ1v) is 7.52. The highest BCUT2D eigenvalue weighted by Crippen LogP contribution is 2.53. The van der Waals surface area contributed by atoms with Crippen LogP contribution in [0.5, 0.6) is 0 Å². The molecule has 3 N–H and O–H groups in total. The Morgan fingerprint density at radius 1 is 1.47 bits per heavy atom. The van der Waals surface area contributed by atoms with E-state index >= 15 is 0 Å². The summed E-state index contributed by atoms with van der Waals surface area (Å²) in [4.78, 5) is 0. The molecule has 1 fully saturated rings. The molecule has 2 atom stereocenters. The van der Waals surface area contributed by atoms with Gasteiger partial charge in [-0.3, -0.25) is 16.0 Å². The zero-order chi connectivity index (χ0) is 14.0. The summed E-state index contributed by atoms with van der Waals surface area (Å²) < 4.78 is 2.11. The third kappa shape index (κ3) is 3.18. The van der Waals surface area contributed by atoms with E-state index in [2.05, 4.69) is 50.1 Å². The molecule has 1 aliphatic carbocycles. The normalized spacial score (nSPS) is 22.7. The molecule has 4 nitrogen and oxygen atoms in total. The van der Waals surface area contributed by atoms with Crippen LogP contribution >= 0.6 is 0 Å². The van der Waals surface area contributed by atoms with Gasteiger partial charge in [-0.15, -0.1) is 0 Å². The van der Waals surface area contributed by atoms with E-state index in [9.17, 15) is 0 Å². The predicted molar refractivity (Wildman–Crippen MR) is 78.5 cm³/mol. The second-order valence-electron chi connectivity index (χ2n) is 6.53. The molecule has 0 aliphatic heterocycles. The lowest BCUT2D eigenvalue weighted by atomic mass is 10.0. The molecule has 0 radical (unpaired) electrons. The van der Waals surface area contributed by atoms with Crippen LogP contribution in [0.25, 0.3) is 0 Å². The van der Waals surface area contributed by atoms with Crippen molar-refractivity contribution in [2.45, 2.75) is 65.5 Å². The highest BCUT2D eigenvalue weighted by atomic mass is 15.3. The number of nitrogens with zero attached hydrogens (tertiary/aromatic N) is 2. The van der Waals surface area contributed by atoms with Crippen molar-refractivity contribution in [3.63, 3.8) is 0 Å². The Morgan fingerprint density at radius 2 is 2.11 bits per heavy atom. The highest BCUT2D eigenvalue weighted by molar-refractivity contribution is 5.08. The van der Waals surface area contributed by atoms with E-state index in [0.29, 0.717) is 23.4 Å². The smallest absolute Gasteiger partial charge is 0.0640 e. The first-order valence-electron chi connectivity index (χ1n) is 7.52. The summed E-state index contributed by atoms with van der Waals surface area (Å²) in [6.07, 6.45) is 6.56. The van der Waals surface area contributed by atoms with Gasteiger partial charge in [0.25, 0.3) is 0 Å². The highest BCUT2D eigenvalue weighted by Gasteiger charge is 2.49. The standard InChI is InChI=1S/C15H28N4/c1-5-12(6-2)19-8-7-11(18-19)9-14(17-16)13-10-15(13,3)4/h7-8,12-14,17H,5-6,9-10,16H2,1-4H3. The molecule has 1 aliphatic rings. The van der Waals surface area contributed by atoms with Crippen molar-refractivity contribution in [1.29, 1.82) is 0 Å². The van der Waals surface area contributed by atoms with Crippen LogP contribution in [0.4, 0.5) is 0 Å². The number of rotatable bonds is 7. The van der Waals surface area contributed by atoms with Crippen LogP contribution in [0.15, 0.2) is 12.3 Å². The third-order valence-electron chi connectivity index (χ3n) is 4.70. The van der Waals surface area contributed by atoms with E-state index in [0.717, 1.165) is 25.0 Å². The maximum absolute atomic E-state index is 5.72. The van der Waals surface area contributed by atoms with Crippen molar-refractivity contribution >= 4 is 0 Å². The van der Waals surface area contributed by atoms with Gasteiger partial charge in [-0.1, -0.05) is 27.7 Å². The molecule has 0 aromatic carbocycles. The van der Waals surface area contributed by atoms with Gasteiger partial charge < -0.3 is 0 Å². The number of hydrogen-bond acceptors (Lipinski definition) is 3. The minimum atomic E-state index is 0.347. The Balaban J connectivity index is 1.99. The maximum Gasteiger partial charge on any atom is 0.0640 e. The summed E-state index contributed by atoms with van der Waals surface area (Å²) in [6.45, 7) is 9.05. The van der Waals surface area contributed by atoms with Crippen LogP contribution in [-0.2, 0) is 6.42 Å². The fourth-order valence-electron chi connectivity index (χ4n) is 3.09. The van der Waals surface area contributed by atoms with E-state index in [4.69, 9.17) is 10.9 Å². The summed E-state index contributed by atoms with van der Waals surface area (Å²) in [5.41, 5.74) is 4.58. The number of hydrogen-bond donors (Lipinski definition) is 2. The van der Waals surface area contributed by atoms with E-state index < -0.39 is 0 Å². The zero-order valence-corrected chi connectivity index (χ0v) is 12.7. The van der Waals surface area contributed by atoms with Crippen LogP contribution in [0.3, 0.4) is 0 Å². The lowest BCUT2D eigenvalue weighted by Crippen LogP contribution is -2.39. The first kappa shape index (κ1) is 14.5. The van der Waals surface area contributed by atoms with Gasteiger partial charge >= 0.3 is 0 Å². The SMILES string of the molecule is CCC(CC)n1ccc(CC(NN)C2CC2(C)C)n1. The molecule has 0 amide bonds. The molecule has 19 heavy (non-hydrogen) atoms. The number of aromatic nitrogens is 2. The molecular weight excluding hydrogens is 236 g/mol. The Morgan fingerprint density at radius 3 is 2.58 bits per heavy atom. The van der Waals surface area contributed by atoms with Gasteiger partial charge in [-0.2, -0.15) is 5.10 Å². The molecule has 108 valence electrons. The molecule has 1 heterocycles. The molecular formula is C15H28N4. The van der Waals surface area contributed by atoms with Gasteiger partial charge in [0, 0.05) is 18.7 Å². The van der Waals surface area contributed by atoms with Gasteiger partial charge in [-0.25, -0.2) is 0 Å². The predicted octanol–water partition coefficient (Wildman–Crippen LogP) is 2.66. The number of nitrogens with one attached hydrogen (secondary N) is 1. The fraction of sp³-hybridized carbons (Fsp3) is 0.800. The van der Waals surface area contributed by atoms with E-state index in [1.807, 2.05) is 0 Å². The molecule has 2 rings (SSSR count). The molecule has 4 heteroatoms.